The molecule has 0 fully saturated rings. The first-order valence-corrected chi connectivity index (χ1v) is 11.4. The van der Waals surface area contributed by atoms with Gasteiger partial charge in [-0.3, -0.25) is 4.57 Å². The molecule has 3 aromatic heterocycles. The van der Waals surface area contributed by atoms with Gasteiger partial charge in [0.25, 0.3) is 0 Å². The zero-order valence-electron chi connectivity index (χ0n) is 18.8. The minimum absolute atomic E-state index is 0.808. The third-order valence-corrected chi connectivity index (χ3v) is 6.76. The van der Waals surface area contributed by atoms with Crippen LogP contribution in [0.25, 0.3) is 27.2 Å². The predicted octanol–water partition coefficient (Wildman–Crippen LogP) is 6.88. The van der Waals surface area contributed by atoms with Gasteiger partial charge in [0.05, 0.1) is 17.1 Å². The molecule has 0 amide bonds. The molecule has 0 atom stereocenters. The molecule has 0 aliphatic heterocycles. The number of para-hydroxylation sites is 1. The largest absolute Gasteiger partial charge is 0.457 e. The van der Waals surface area contributed by atoms with Gasteiger partial charge in [0, 0.05) is 32.6 Å². The van der Waals surface area contributed by atoms with Crippen LogP contribution in [-0.2, 0) is 0 Å². The van der Waals surface area contributed by atoms with Crippen molar-refractivity contribution >= 4 is 22.1 Å². The summed E-state index contributed by atoms with van der Waals surface area (Å²) in [4.78, 5) is 6.22. The monoisotopic (exact) mass is 440 g/mol. The van der Waals surface area contributed by atoms with E-state index in [1.54, 1.807) is 11.3 Å². The van der Waals surface area contributed by atoms with E-state index in [-0.39, 0.29) is 0 Å². The van der Waals surface area contributed by atoms with Crippen molar-refractivity contribution < 1.29 is 4.74 Å². The number of benzene rings is 2. The Labute approximate surface area is 191 Å². The Bertz CT molecular complexity index is 1390. The summed E-state index contributed by atoms with van der Waals surface area (Å²) in [5, 5.41) is 12.0. The average molecular weight is 441 g/mol. The molecule has 5 aromatic rings. The van der Waals surface area contributed by atoms with Gasteiger partial charge in [0.2, 0.25) is 0 Å². The minimum Gasteiger partial charge on any atom is -0.457 e. The first kappa shape index (κ1) is 20.4. The van der Waals surface area contributed by atoms with E-state index >= 15 is 0 Å². The van der Waals surface area contributed by atoms with Crippen LogP contribution < -0.4 is 4.74 Å². The molecule has 0 unspecified atom stereocenters. The summed E-state index contributed by atoms with van der Waals surface area (Å²) in [6.07, 6.45) is 0. The van der Waals surface area contributed by atoms with Crippen molar-refractivity contribution in [3.05, 3.63) is 82.3 Å². The van der Waals surface area contributed by atoms with Crippen molar-refractivity contribution in [2.45, 2.75) is 34.6 Å². The van der Waals surface area contributed by atoms with Crippen molar-refractivity contribution in [2.24, 2.45) is 0 Å². The number of fused-ring (bicyclic) bond motifs is 1. The van der Waals surface area contributed by atoms with Gasteiger partial charge in [-0.25, -0.2) is 4.98 Å². The summed E-state index contributed by atoms with van der Waals surface area (Å²) in [5.74, 6) is 1.63. The lowest BCUT2D eigenvalue weighted by atomic mass is 10.1. The number of thiazole rings is 1. The van der Waals surface area contributed by atoms with Gasteiger partial charge in [0.15, 0.2) is 5.13 Å². The number of nitrogens with zero attached hydrogens (tertiary/aromatic N) is 4. The quantitative estimate of drug-likeness (QED) is 0.306. The molecule has 0 spiro atoms. The van der Waals surface area contributed by atoms with Crippen LogP contribution in [0, 0.1) is 34.6 Å². The van der Waals surface area contributed by atoms with E-state index in [0.29, 0.717) is 0 Å². The fourth-order valence-electron chi connectivity index (χ4n) is 4.31. The highest BCUT2D eigenvalue weighted by molar-refractivity contribution is 7.14. The second-order valence-corrected chi connectivity index (χ2v) is 9.15. The van der Waals surface area contributed by atoms with Gasteiger partial charge in [-0.05, 0) is 71.0 Å². The third kappa shape index (κ3) is 3.37. The van der Waals surface area contributed by atoms with E-state index < -0.39 is 0 Å². The fraction of sp³-hybridized carbons (Fsp3) is 0.192. The van der Waals surface area contributed by atoms with Crippen LogP contribution >= 0.6 is 11.3 Å². The van der Waals surface area contributed by atoms with Crippen LogP contribution in [0.3, 0.4) is 0 Å². The predicted molar refractivity (Wildman–Crippen MR) is 130 cm³/mol. The van der Waals surface area contributed by atoms with Gasteiger partial charge >= 0.3 is 0 Å². The summed E-state index contributed by atoms with van der Waals surface area (Å²) < 4.78 is 8.17. The number of ether oxygens (including phenoxy) is 1. The molecule has 0 aliphatic rings. The molecule has 3 heterocycles. The molecule has 160 valence electrons. The second-order valence-electron chi connectivity index (χ2n) is 7.97. The Balaban J connectivity index is 1.53. The average Bonchev–Trinajstić information content (AvgIpc) is 3.29. The molecular formula is C26H24N4OS. The molecule has 0 radical (unpaired) electrons. The number of aryl methyl sites for hydroxylation is 5. The maximum atomic E-state index is 5.93. The number of hydrogen-bond donors (Lipinski definition) is 0. The van der Waals surface area contributed by atoms with Gasteiger partial charge < -0.3 is 4.74 Å². The molecule has 6 heteroatoms. The summed E-state index contributed by atoms with van der Waals surface area (Å²) >= 11 is 1.70. The van der Waals surface area contributed by atoms with Gasteiger partial charge in [0.1, 0.15) is 11.5 Å². The Morgan fingerprint density at radius 3 is 1.88 bits per heavy atom. The summed E-state index contributed by atoms with van der Waals surface area (Å²) in [7, 11) is 0. The highest BCUT2D eigenvalue weighted by atomic mass is 32.1. The second kappa shape index (κ2) is 7.88. The molecule has 0 N–H and O–H groups in total. The van der Waals surface area contributed by atoms with E-state index in [1.807, 2.05) is 56.3 Å². The first-order chi connectivity index (χ1) is 15.4. The minimum atomic E-state index is 0.808. The maximum Gasteiger partial charge on any atom is 0.194 e. The highest BCUT2D eigenvalue weighted by Crippen LogP contribution is 2.36. The van der Waals surface area contributed by atoms with Crippen molar-refractivity contribution in [3.63, 3.8) is 0 Å². The molecule has 32 heavy (non-hydrogen) atoms. The van der Waals surface area contributed by atoms with Crippen molar-refractivity contribution in [3.8, 4) is 27.9 Å². The van der Waals surface area contributed by atoms with E-state index in [4.69, 9.17) is 9.72 Å². The van der Waals surface area contributed by atoms with E-state index in [9.17, 15) is 0 Å². The van der Waals surface area contributed by atoms with Crippen LogP contribution in [0.4, 0.5) is 0 Å². The lowest BCUT2D eigenvalue weighted by molar-refractivity contribution is 0.483. The topological polar surface area (TPSA) is 52.8 Å². The fourth-order valence-corrected chi connectivity index (χ4v) is 5.35. The van der Waals surface area contributed by atoms with Crippen molar-refractivity contribution in [1.82, 2.24) is 19.7 Å². The summed E-state index contributed by atoms with van der Waals surface area (Å²) in [6, 6.07) is 17.9. The van der Waals surface area contributed by atoms with E-state index in [1.165, 1.54) is 15.6 Å². The molecule has 0 saturated heterocycles. The smallest absolute Gasteiger partial charge is 0.194 e. The first-order valence-electron chi connectivity index (χ1n) is 10.6. The van der Waals surface area contributed by atoms with E-state index in [2.05, 4.69) is 47.7 Å². The van der Waals surface area contributed by atoms with Crippen molar-refractivity contribution in [1.29, 1.82) is 0 Å². The number of rotatable bonds is 4. The number of aromatic nitrogens is 4. The highest BCUT2D eigenvalue weighted by Gasteiger charge is 2.20. The number of hydrogen-bond acceptors (Lipinski definition) is 5. The molecule has 0 bridgehead atoms. The van der Waals surface area contributed by atoms with Crippen molar-refractivity contribution in [2.75, 3.05) is 0 Å². The van der Waals surface area contributed by atoms with E-state index in [0.717, 1.165) is 50.7 Å². The van der Waals surface area contributed by atoms with Gasteiger partial charge in [-0.1, -0.05) is 18.2 Å². The van der Waals surface area contributed by atoms with Crippen LogP contribution in [0.1, 0.15) is 27.7 Å². The SMILES string of the molecule is Cc1sc(-n2c(C)c3c(C)nnc(C)c3c2C)nc1-c1ccc(Oc2ccccc2)cc1. The Morgan fingerprint density at radius 1 is 0.719 bits per heavy atom. The zero-order chi connectivity index (χ0) is 22.4. The molecule has 2 aromatic carbocycles. The van der Waals surface area contributed by atoms with Crippen LogP contribution in [0.5, 0.6) is 11.5 Å². The Hall–Kier alpha value is -3.51. The zero-order valence-corrected chi connectivity index (χ0v) is 19.6. The standard InChI is InChI=1S/C26H24N4OS/c1-15-23-17(3)30(18(4)24(23)16(2)29-28-15)26-27-25(19(5)32-26)20-11-13-22(14-12-20)31-21-9-7-6-8-10-21/h6-14H,1-5H3. The van der Waals surface area contributed by atoms with Gasteiger partial charge in [-0.15, -0.1) is 11.3 Å². The van der Waals surface area contributed by atoms with Gasteiger partial charge in [-0.2, -0.15) is 10.2 Å². The molecule has 5 nitrogen and oxygen atoms in total. The molecule has 5 rings (SSSR count). The molecular weight excluding hydrogens is 416 g/mol. The lowest BCUT2D eigenvalue weighted by Crippen LogP contribution is -1.98. The normalized spacial score (nSPS) is 11.3. The van der Waals surface area contributed by atoms with Crippen LogP contribution in [0.15, 0.2) is 54.6 Å². The Morgan fingerprint density at radius 2 is 1.28 bits per heavy atom. The van der Waals surface area contributed by atoms with Crippen LogP contribution in [0.2, 0.25) is 0 Å². The van der Waals surface area contributed by atoms with Crippen LogP contribution in [-0.4, -0.2) is 19.7 Å². The third-order valence-electron chi connectivity index (χ3n) is 5.80. The summed E-state index contributed by atoms with van der Waals surface area (Å²) in [5.41, 5.74) is 6.28. The summed E-state index contributed by atoms with van der Waals surface area (Å²) in [6.45, 7) is 10.4. The molecule has 0 aliphatic carbocycles. The Kier molecular flexibility index (Phi) is 5.02. The maximum absolute atomic E-state index is 5.93. The molecule has 0 saturated carbocycles. The lowest BCUT2D eigenvalue weighted by Gasteiger charge is -2.06.